The summed E-state index contributed by atoms with van der Waals surface area (Å²) >= 11 is 5.08. The molecule has 0 spiro atoms. The molecule has 1 aliphatic heterocycles. The largest absolute Gasteiger partial charge is 0.470 e. The summed E-state index contributed by atoms with van der Waals surface area (Å²) in [6.45, 7) is 8.90. The van der Waals surface area contributed by atoms with Gasteiger partial charge in [-0.25, -0.2) is 13.4 Å². The number of carbonyl (C=O) groups is 3. The predicted octanol–water partition coefficient (Wildman–Crippen LogP) is 4.33. The summed E-state index contributed by atoms with van der Waals surface area (Å²) in [5.41, 5.74) is 3.70. The third-order valence-corrected chi connectivity index (χ3v) is 12.4. The quantitative estimate of drug-likeness (QED) is 0.124. The van der Waals surface area contributed by atoms with Gasteiger partial charge < -0.3 is 30.4 Å². The zero-order chi connectivity index (χ0) is 41.2. The average Bonchev–Trinajstić information content (AvgIpc) is 4.04. The number of carbonyl (C=O) groups excluding carboxylic acids is 3. The number of ether oxygens (including phenoxy) is 1. The maximum Gasteiger partial charge on any atom is 0.416 e. The zero-order valence-electron chi connectivity index (χ0n) is 31.1. The van der Waals surface area contributed by atoms with Crippen LogP contribution in [-0.4, -0.2) is 81.6 Å². The molecule has 4 aromatic rings. The normalized spacial score (nSPS) is 22.8. The van der Waals surface area contributed by atoms with Crippen molar-refractivity contribution in [2.45, 2.75) is 81.6 Å². The van der Waals surface area contributed by atoms with Crippen LogP contribution in [0.3, 0.4) is 0 Å². The third-order valence-electron chi connectivity index (χ3n) is 10.4. The van der Waals surface area contributed by atoms with Crippen molar-refractivity contribution >= 4 is 67.1 Å². The number of hydrogen-bond donors (Lipinski definition) is 4. The summed E-state index contributed by atoms with van der Waals surface area (Å²) in [7, 11) is -3.96. The van der Waals surface area contributed by atoms with Crippen molar-refractivity contribution < 1.29 is 45.1 Å². The lowest BCUT2D eigenvalue weighted by molar-refractivity contribution is -0.142. The smallest absolute Gasteiger partial charge is 0.416 e. The van der Waals surface area contributed by atoms with E-state index in [1.165, 1.54) is 23.1 Å². The number of fused-ring (bicyclic) bond motifs is 3. The van der Waals surface area contributed by atoms with Crippen LogP contribution >= 0.6 is 12.2 Å². The van der Waals surface area contributed by atoms with Gasteiger partial charge in [-0.05, 0) is 61.2 Å². The summed E-state index contributed by atoms with van der Waals surface area (Å²) in [4.78, 5) is 52.8. The highest BCUT2D eigenvalue weighted by Crippen LogP contribution is 2.46. The number of sulfonamides is 1. The molecule has 3 fully saturated rings. The molecule has 2 aromatic carbocycles. The van der Waals surface area contributed by atoms with Gasteiger partial charge in [-0.1, -0.05) is 51.1 Å². The molecule has 0 bridgehead atoms. The number of benzene rings is 2. The summed E-state index contributed by atoms with van der Waals surface area (Å²) in [6, 6.07) is 9.01. The molecule has 19 heteroatoms. The Morgan fingerprint density at radius 2 is 1.79 bits per heavy atom. The molecule has 5 N–H and O–H groups in total. The van der Waals surface area contributed by atoms with Gasteiger partial charge in [0.15, 0.2) is 10.9 Å². The van der Waals surface area contributed by atoms with Crippen molar-refractivity contribution in [1.29, 1.82) is 0 Å². The van der Waals surface area contributed by atoms with E-state index in [1.54, 1.807) is 45.0 Å². The molecule has 57 heavy (non-hydrogen) atoms. The van der Waals surface area contributed by atoms with Crippen LogP contribution in [0.25, 0.3) is 33.5 Å². The molecule has 3 heterocycles. The van der Waals surface area contributed by atoms with Gasteiger partial charge in [0.1, 0.15) is 34.8 Å². The van der Waals surface area contributed by atoms with Crippen molar-refractivity contribution in [1.82, 2.24) is 30.2 Å². The summed E-state index contributed by atoms with van der Waals surface area (Å²) < 4.78 is 80.3. The SMILES string of the molecule is C=C[C@@H]1CC1(NC(=O)[C@@H]1C[C@@H](Oc2nc(-c3ccc(C(F)(F)F)cc3)nc3c2oc2ccccc23)CN1C(=O)C(NC(N)=S)C(C)(C)C)C(=O)NS(=O)(=O)C1CC1. The fourth-order valence-corrected chi connectivity index (χ4v) is 8.57. The van der Waals surface area contributed by atoms with Gasteiger partial charge in [-0.15, -0.1) is 6.58 Å². The number of amides is 3. The molecule has 3 aliphatic rings. The third kappa shape index (κ3) is 7.86. The van der Waals surface area contributed by atoms with Crippen molar-refractivity contribution in [3.05, 3.63) is 66.7 Å². The Kier molecular flexibility index (Phi) is 9.99. The Morgan fingerprint density at radius 1 is 1.11 bits per heavy atom. The van der Waals surface area contributed by atoms with Crippen molar-refractivity contribution in [3.63, 3.8) is 0 Å². The zero-order valence-corrected chi connectivity index (χ0v) is 32.7. The van der Waals surface area contributed by atoms with E-state index >= 15 is 0 Å². The highest BCUT2D eigenvalue weighted by atomic mass is 32.2. The van der Waals surface area contributed by atoms with Crippen LogP contribution in [0.1, 0.15) is 52.0 Å². The predicted molar refractivity (Wildman–Crippen MR) is 207 cm³/mol. The van der Waals surface area contributed by atoms with Gasteiger partial charge in [0.25, 0.3) is 11.8 Å². The second-order valence-corrected chi connectivity index (χ2v) is 18.1. The molecule has 1 saturated heterocycles. The van der Waals surface area contributed by atoms with Crippen LogP contribution in [-0.2, 0) is 30.6 Å². The van der Waals surface area contributed by atoms with Gasteiger partial charge in [-0.2, -0.15) is 18.2 Å². The molecule has 2 unspecified atom stereocenters. The molecule has 2 aromatic heterocycles. The molecule has 2 aliphatic carbocycles. The van der Waals surface area contributed by atoms with E-state index in [1.807, 2.05) is 0 Å². The van der Waals surface area contributed by atoms with Gasteiger partial charge in [0.05, 0.1) is 17.4 Å². The summed E-state index contributed by atoms with van der Waals surface area (Å²) in [6.07, 6.45) is -3.25. The lowest BCUT2D eigenvalue weighted by Gasteiger charge is -2.35. The Bertz CT molecular complexity index is 2410. The first-order chi connectivity index (χ1) is 26.7. The minimum Gasteiger partial charge on any atom is -0.470 e. The number of aromatic nitrogens is 2. The van der Waals surface area contributed by atoms with Crippen LogP contribution in [0.5, 0.6) is 5.88 Å². The van der Waals surface area contributed by atoms with Crippen LogP contribution in [0.15, 0.2) is 65.6 Å². The second-order valence-electron chi connectivity index (χ2n) is 15.7. The molecule has 3 amide bonds. The number of likely N-dealkylation sites (tertiary alicyclic amines) is 1. The standard InChI is InChI=1S/C38H40F3N7O7S2/c1-5-20-17-37(20,34(51)47-57(52,53)23-14-15-23)46-31(49)25-16-22(18-48(25)33(50)29(36(2,3)4)44-35(42)56)54-32-28-27(24-8-6-7-9-26(24)55-28)43-30(45-32)19-10-12-21(13-11-19)38(39,40)41/h5-13,20,22-23,25,29H,1,14-18H2,2-4H3,(H,46,49)(H,47,51)(H3,42,44,56)/t20-,22-,25+,29?,37?/m1/s1. The summed E-state index contributed by atoms with van der Waals surface area (Å²) in [5.74, 6) is -2.85. The van der Waals surface area contributed by atoms with Crippen LogP contribution in [0.2, 0.25) is 0 Å². The van der Waals surface area contributed by atoms with Gasteiger partial charge in [-0.3, -0.25) is 19.1 Å². The van der Waals surface area contributed by atoms with E-state index in [4.69, 9.17) is 27.1 Å². The number of nitrogens with zero attached hydrogens (tertiary/aromatic N) is 3. The lowest BCUT2D eigenvalue weighted by atomic mass is 9.85. The van der Waals surface area contributed by atoms with E-state index in [0.29, 0.717) is 29.3 Å². The van der Waals surface area contributed by atoms with E-state index in [-0.39, 0.29) is 47.3 Å². The Hall–Kier alpha value is -5.30. The second kappa shape index (κ2) is 14.3. The fraction of sp³-hybridized carbons (Fsp3) is 0.421. The average molecular weight is 828 g/mol. The number of nitrogens with two attached hydrogens (primary N) is 1. The van der Waals surface area contributed by atoms with E-state index in [9.17, 15) is 36.0 Å². The topological polar surface area (TPSA) is 199 Å². The van der Waals surface area contributed by atoms with E-state index < -0.39 is 79.8 Å². The maximum atomic E-state index is 14.4. The highest BCUT2D eigenvalue weighted by Gasteiger charge is 2.62. The number of nitrogens with one attached hydrogen (secondary N) is 3. The summed E-state index contributed by atoms with van der Waals surface area (Å²) in [5, 5.41) is 5.31. The number of alkyl halides is 3. The molecule has 302 valence electrons. The van der Waals surface area contributed by atoms with Crippen molar-refractivity contribution in [3.8, 4) is 17.3 Å². The van der Waals surface area contributed by atoms with E-state index in [2.05, 4.69) is 31.9 Å². The molecule has 2 saturated carbocycles. The minimum atomic E-state index is -4.56. The fourth-order valence-electron chi connectivity index (χ4n) is 7.09. The van der Waals surface area contributed by atoms with Gasteiger partial charge >= 0.3 is 6.18 Å². The van der Waals surface area contributed by atoms with Crippen molar-refractivity contribution in [2.24, 2.45) is 17.1 Å². The first kappa shape index (κ1) is 39.9. The number of rotatable bonds is 11. The highest BCUT2D eigenvalue weighted by molar-refractivity contribution is 7.91. The van der Waals surface area contributed by atoms with Crippen LogP contribution in [0, 0.1) is 11.3 Å². The first-order valence-corrected chi connectivity index (χ1v) is 20.1. The van der Waals surface area contributed by atoms with Gasteiger partial charge in [0, 0.05) is 23.3 Å². The molecule has 14 nitrogen and oxygen atoms in total. The lowest BCUT2D eigenvalue weighted by Crippen LogP contribution is -2.60. The number of para-hydroxylation sites is 1. The number of hydrogen-bond acceptors (Lipinski definition) is 10. The maximum absolute atomic E-state index is 14.4. The number of halogens is 3. The van der Waals surface area contributed by atoms with Crippen LogP contribution in [0.4, 0.5) is 13.2 Å². The molecule has 7 rings (SSSR count). The Labute approximate surface area is 330 Å². The Balaban J connectivity index is 1.24. The number of thiocarbonyl (C=S) groups is 1. The number of furan rings is 1. The van der Waals surface area contributed by atoms with E-state index in [0.717, 1.165) is 12.1 Å². The van der Waals surface area contributed by atoms with Gasteiger partial charge in [0.2, 0.25) is 27.4 Å². The molecule has 0 radical (unpaired) electrons. The molecular formula is C38H40F3N7O7S2. The molecule has 5 atom stereocenters. The molecular weight excluding hydrogens is 788 g/mol. The van der Waals surface area contributed by atoms with Crippen LogP contribution < -0.4 is 25.8 Å². The minimum absolute atomic E-state index is 0.0322. The monoisotopic (exact) mass is 827 g/mol. The van der Waals surface area contributed by atoms with Crippen molar-refractivity contribution in [2.75, 3.05) is 6.54 Å². The first-order valence-electron chi connectivity index (χ1n) is 18.1. The Morgan fingerprint density at radius 3 is 2.39 bits per heavy atom.